The van der Waals surface area contributed by atoms with E-state index < -0.39 is 0 Å². The fourth-order valence-electron chi connectivity index (χ4n) is 2.45. The fraction of sp³-hybridized carbons (Fsp3) is 0.800. The van der Waals surface area contributed by atoms with Gasteiger partial charge in [-0.3, -0.25) is 0 Å². The molecule has 1 saturated carbocycles. The van der Waals surface area contributed by atoms with Gasteiger partial charge in [0.1, 0.15) is 0 Å². The summed E-state index contributed by atoms with van der Waals surface area (Å²) in [4.78, 5) is 0. The van der Waals surface area contributed by atoms with E-state index in [1.807, 2.05) is 0 Å². The first kappa shape index (κ1) is 11.3. The van der Waals surface area contributed by atoms with Crippen molar-refractivity contribution in [3.05, 3.63) is 3.92 Å². The Morgan fingerprint density at radius 2 is 2.27 bits per heavy atom. The molecule has 1 aliphatic rings. The predicted molar refractivity (Wildman–Crippen MR) is 67.2 cm³/mol. The fourth-order valence-corrected chi connectivity index (χ4v) is 3.52. The van der Waals surface area contributed by atoms with E-state index in [1.165, 1.54) is 19.3 Å². The van der Waals surface area contributed by atoms with Gasteiger partial charge in [-0.2, -0.15) is 0 Å². The molecule has 84 valence electrons. The molecule has 1 aromatic heterocycles. The van der Waals surface area contributed by atoms with Crippen molar-refractivity contribution in [2.24, 2.45) is 11.8 Å². The molecule has 0 saturated heterocycles. The molecule has 2 rings (SSSR count). The molecule has 0 amide bonds. The molecule has 3 unspecified atom stereocenters. The quantitative estimate of drug-likeness (QED) is 0.925. The zero-order valence-corrected chi connectivity index (χ0v) is 11.4. The molecule has 0 aliphatic heterocycles. The molecule has 1 N–H and O–H groups in total. The van der Waals surface area contributed by atoms with E-state index in [0.29, 0.717) is 6.04 Å². The number of nitrogens with one attached hydrogen (secondary N) is 1. The minimum absolute atomic E-state index is 0.579. The maximum Gasteiger partial charge on any atom is 0.206 e. The van der Waals surface area contributed by atoms with Gasteiger partial charge in [-0.1, -0.05) is 31.6 Å². The lowest BCUT2D eigenvalue weighted by atomic mass is 9.94. The Hall–Kier alpha value is -0.160. The Labute approximate surface area is 103 Å². The third-order valence-electron chi connectivity index (χ3n) is 3.46. The first-order valence-corrected chi connectivity index (χ1v) is 7.07. The molecule has 0 bridgehead atoms. The zero-order valence-electron chi connectivity index (χ0n) is 9.03. The van der Waals surface area contributed by atoms with Crippen molar-refractivity contribution < 1.29 is 0 Å². The Kier molecular flexibility index (Phi) is 3.61. The lowest BCUT2D eigenvalue weighted by Gasteiger charge is -2.20. The van der Waals surface area contributed by atoms with Crippen molar-refractivity contribution >= 4 is 32.4 Å². The third-order valence-corrected chi connectivity index (χ3v) is 4.75. The Bertz CT molecular complexity index is 328. The molecular formula is C10H16BrN3S. The maximum absolute atomic E-state index is 4.08. The van der Waals surface area contributed by atoms with Gasteiger partial charge in [0.15, 0.2) is 3.92 Å². The highest BCUT2D eigenvalue weighted by molar-refractivity contribution is 9.11. The van der Waals surface area contributed by atoms with E-state index in [4.69, 9.17) is 0 Å². The van der Waals surface area contributed by atoms with Crippen molar-refractivity contribution in [1.29, 1.82) is 0 Å². The number of hydrogen-bond acceptors (Lipinski definition) is 4. The summed E-state index contributed by atoms with van der Waals surface area (Å²) < 4.78 is 0.850. The van der Waals surface area contributed by atoms with E-state index in [2.05, 4.69) is 45.3 Å². The van der Waals surface area contributed by atoms with Crippen LogP contribution >= 0.6 is 27.3 Å². The van der Waals surface area contributed by atoms with Gasteiger partial charge in [0.25, 0.3) is 0 Å². The molecule has 1 fully saturated rings. The summed E-state index contributed by atoms with van der Waals surface area (Å²) >= 11 is 4.90. The van der Waals surface area contributed by atoms with Crippen molar-refractivity contribution in [1.82, 2.24) is 10.2 Å². The average molecular weight is 290 g/mol. The summed E-state index contributed by atoms with van der Waals surface area (Å²) in [6.07, 6.45) is 3.89. The van der Waals surface area contributed by atoms with Crippen LogP contribution in [-0.2, 0) is 0 Å². The van der Waals surface area contributed by atoms with Crippen molar-refractivity contribution in [3.8, 4) is 0 Å². The number of anilines is 1. The predicted octanol–water partition coefficient (Wildman–Crippen LogP) is 3.54. The number of halogens is 1. The summed E-state index contributed by atoms with van der Waals surface area (Å²) in [5.41, 5.74) is 0. The molecule has 3 atom stereocenters. The van der Waals surface area contributed by atoms with Crippen LogP contribution < -0.4 is 5.32 Å². The van der Waals surface area contributed by atoms with E-state index in [-0.39, 0.29) is 0 Å². The van der Waals surface area contributed by atoms with Gasteiger partial charge in [0.05, 0.1) is 0 Å². The van der Waals surface area contributed by atoms with Crippen LogP contribution in [-0.4, -0.2) is 16.2 Å². The molecule has 15 heavy (non-hydrogen) atoms. The number of rotatable bonds is 3. The van der Waals surface area contributed by atoms with E-state index >= 15 is 0 Å². The molecule has 0 radical (unpaired) electrons. The monoisotopic (exact) mass is 289 g/mol. The average Bonchev–Trinajstić information content (AvgIpc) is 2.76. The largest absolute Gasteiger partial charge is 0.357 e. The minimum atomic E-state index is 0.579. The van der Waals surface area contributed by atoms with Gasteiger partial charge in [-0.15, -0.1) is 10.2 Å². The number of nitrogens with zero attached hydrogens (tertiary/aromatic N) is 2. The van der Waals surface area contributed by atoms with Crippen LogP contribution in [0.25, 0.3) is 0 Å². The van der Waals surface area contributed by atoms with Gasteiger partial charge in [-0.25, -0.2) is 0 Å². The molecule has 5 heteroatoms. The molecular weight excluding hydrogens is 274 g/mol. The standard InChI is InChI=1S/C10H16BrN3S/c1-3-7-4-5-8(6(7)2)12-10-14-13-9(11)15-10/h6-8H,3-5H2,1-2H3,(H,12,14). The first-order chi connectivity index (χ1) is 7.20. The van der Waals surface area contributed by atoms with Crippen LogP contribution in [0.2, 0.25) is 0 Å². The van der Waals surface area contributed by atoms with Crippen LogP contribution in [0.4, 0.5) is 5.13 Å². The van der Waals surface area contributed by atoms with E-state index in [1.54, 1.807) is 11.3 Å². The van der Waals surface area contributed by atoms with Crippen LogP contribution in [0, 0.1) is 11.8 Å². The maximum atomic E-state index is 4.08. The second-order valence-electron chi connectivity index (χ2n) is 4.22. The lowest BCUT2D eigenvalue weighted by Crippen LogP contribution is -2.24. The highest BCUT2D eigenvalue weighted by Crippen LogP contribution is 2.36. The van der Waals surface area contributed by atoms with Gasteiger partial charge >= 0.3 is 0 Å². The first-order valence-electron chi connectivity index (χ1n) is 5.46. The second kappa shape index (κ2) is 4.78. The summed E-state index contributed by atoms with van der Waals surface area (Å²) in [6, 6.07) is 0.579. The van der Waals surface area contributed by atoms with Crippen LogP contribution in [0.5, 0.6) is 0 Å². The molecule has 0 aromatic carbocycles. The number of aromatic nitrogens is 2. The molecule has 1 aromatic rings. The van der Waals surface area contributed by atoms with Gasteiger partial charge in [-0.05, 0) is 40.6 Å². The normalized spacial score (nSPS) is 30.7. The smallest absolute Gasteiger partial charge is 0.206 e. The third kappa shape index (κ3) is 2.50. The van der Waals surface area contributed by atoms with Crippen LogP contribution in [0.3, 0.4) is 0 Å². The Morgan fingerprint density at radius 1 is 1.47 bits per heavy atom. The van der Waals surface area contributed by atoms with Crippen molar-refractivity contribution in [2.75, 3.05) is 5.32 Å². The van der Waals surface area contributed by atoms with Crippen molar-refractivity contribution in [3.63, 3.8) is 0 Å². The summed E-state index contributed by atoms with van der Waals surface area (Å²) in [6.45, 7) is 4.62. The lowest BCUT2D eigenvalue weighted by molar-refractivity contribution is 0.392. The van der Waals surface area contributed by atoms with E-state index in [0.717, 1.165) is 20.9 Å². The Morgan fingerprint density at radius 3 is 2.80 bits per heavy atom. The van der Waals surface area contributed by atoms with Gasteiger partial charge in [0, 0.05) is 6.04 Å². The zero-order chi connectivity index (χ0) is 10.8. The van der Waals surface area contributed by atoms with Crippen LogP contribution in [0.1, 0.15) is 33.1 Å². The second-order valence-corrected chi connectivity index (χ2v) is 6.47. The highest BCUT2D eigenvalue weighted by Gasteiger charge is 2.31. The summed E-state index contributed by atoms with van der Waals surface area (Å²) in [5.74, 6) is 1.62. The van der Waals surface area contributed by atoms with Crippen molar-refractivity contribution in [2.45, 2.75) is 39.2 Å². The molecule has 1 heterocycles. The number of hydrogen-bond donors (Lipinski definition) is 1. The van der Waals surface area contributed by atoms with Crippen LogP contribution in [0.15, 0.2) is 3.92 Å². The van der Waals surface area contributed by atoms with Gasteiger partial charge < -0.3 is 5.32 Å². The SMILES string of the molecule is CCC1CCC(Nc2nnc(Br)s2)C1C. The molecule has 1 aliphatic carbocycles. The minimum Gasteiger partial charge on any atom is -0.357 e. The highest BCUT2D eigenvalue weighted by atomic mass is 79.9. The van der Waals surface area contributed by atoms with E-state index in [9.17, 15) is 0 Å². The topological polar surface area (TPSA) is 37.8 Å². The molecule has 0 spiro atoms. The van der Waals surface area contributed by atoms with Gasteiger partial charge in [0.2, 0.25) is 5.13 Å². The Balaban J connectivity index is 1.96. The molecule has 3 nitrogen and oxygen atoms in total. The summed E-state index contributed by atoms with van der Waals surface area (Å²) in [7, 11) is 0. The summed E-state index contributed by atoms with van der Waals surface area (Å²) in [5, 5.41) is 12.5.